The lowest BCUT2D eigenvalue weighted by atomic mass is 10.1. The molecule has 1 heterocycles. The first-order chi connectivity index (χ1) is 3.84. The zero-order valence-corrected chi connectivity index (χ0v) is 5.15. The second kappa shape index (κ2) is 2.44. The Balaban J connectivity index is 2.30. The number of alkyl halides is 1. The van der Waals surface area contributed by atoms with Crippen molar-refractivity contribution < 1.29 is 4.39 Å². The maximum atomic E-state index is 11.9. The van der Waals surface area contributed by atoms with Gasteiger partial charge in [0.1, 0.15) is 0 Å². The fraction of sp³-hybridized carbons (Fsp3) is 1.00. The quantitative estimate of drug-likeness (QED) is 0.539. The minimum Gasteiger partial charge on any atom is -0.314 e. The van der Waals surface area contributed by atoms with E-state index in [9.17, 15) is 4.39 Å². The third-order valence-electron chi connectivity index (χ3n) is 1.89. The SMILES string of the molecule is C[C@H]1NCC[C@@H]1CF. The van der Waals surface area contributed by atoms with Gasteiger partial charge in [0, 0.05) is 12.0 Å². The summed E-state index contributed by atoms with van der Waals surface area (Å²) in [6.45, 7) is 2.88. The lowest BCUT2D eigenvalue weighted by Gasteiger charge is -2.08. The second-order valence-electron chi connectivity index (χ2n) is 2.45. The van der Waals surface area contributed by atoms with Gasteiger partial charge in [0.05, 0.1) is 6.67 Å². The molecule has 0 amide bonds. The molecule has 0 saturated carbocycles. The minimum atomic E-state index is -0.159. The zero-order chi connectivity index (χ0) is 5.98. The summed E-state index contributed by atoms with van der Waals surface area (Å²) in [5, 5.41) is 3.18. The number of hydrogen-bond donors (Lipinski definition) is 1. The van der Waals surface area contributed by atoms with Crippen molar-refractivity contribution >= 4 is 0 Å². The van der Waals surface area contributed by atoms with E-state index in [1.807, 2.05) is 6.92 Å². The van der Waals surface area contributed by atoms with Crippen LogP contribution in [0.2, 0.25) is 0 Å². The fourth-order valence-corrected chi connectivity index (χ4v) is 1.12. The van der Waals surface area contributed by atoms with Gasteiger partial charge >= 0.3 is 0 Å². The van der Waals surface area contributed by atoms with Gasteiger partial charge < -0.3 is 5.32 Å². The summed E-state index contributed by atoms with van der Waals surface area (Å²) in [5.74, 6) is 0.287. The highest BCUT2D eigenvalue weighted by atomic mass is 19.1. The van der Waals surface area contributed by atoms with E-state index in [0.29, 0.717) is 6.04 Å². The molecule has 0 unspecified atom stereocenters. The van der Waals surface area contributed by atoms with Crippen LogP contribution in [0.4, 0.5) is 4.39 Å². The molecule has 1 fully saturated rings. The highest BCUT2D eigenvalue weighted by molar-refractivity contribution is 4.78. The van der Waals surface area contributed by atoms with Crippen molar-refractivity contribution in [1.82, 2.24) is 5.32 Å². The number of rotatable bonds is 1. The van der Waals surface area contributed by atoms with Crippen molar-refractivity contribution in [2.45, 2.75) is 19.4 Å². The highest BCUT2D eigenvalue weighted by Crippen LogP contribution is 2.14. The molecule has 1 nitrogen and oxygen atoms in total. The van der Waals surface area contributed by atoms with Gasteiger partial charge in [0.2, 0.25) is 0 Å². The number of nitrogens with one attached hydrogen (secondary N) is 1. The lowest BCUT2D eigenvalue weighted by molar-refractivity contribution is 0.342. The maximum Gasteiger partial charge on any atom is 0.0937 e. The van der Waals surface area contributed by atoms with Gasteiger partial charge in [-0.2, -0.15) is 0 Å². The van der Waals surface area contributed by atoms with Crippen molar-refractivity contribution in [3.63, 3.8) is 0 Å². The van der Waals surface area contributed by atoms with Crippen LogP contribution >= 0.6 is 0 Å². The molecule has 0 aromatic heterocycles. The standard InChI is InChI=1S/C6H12FN/c1-5-6(4-7)2-3-8-5/h5-6,8H,2-4H2,1H3/t5-,6-/m1/s1. The third-order valence-corrected chi connectivity index (χ3v) is 1.89. The molecule has 1 aliphatic heterocycles. The van der Waals surface area contributed by atoms with E-state index < -0.39 is 0 Å². The number of hydrogen-bond acceptors (Lipinski definition) is 1. The van der Waals surface area contributed by atoms with Crippen LogP contribution in [0.15, 0.2) is 0 Å². The van der Waals surface area contributed by atoms with Gasteiger partial charge in [-0.25, -0.2) is 0 Å². The Morgan fingerprint density at radius 2 is 2.50 bits per heavy atom. The Hall–Kier alpha value is -0.110. The Labute approximate surface area is 49.3 Å². The highest BCUT2D eigenvalue weighted by Gasteiger charge is 2.21. The molecule has 48 valence electrons. The summed E-state index contributed by atoms with van der Waals surface area (Å²) in [6, 6.07) is 0.403. The monoisotopic (exact) mass is 117 g/mol. The normalized spacial score (nSPS) is 38.2. The average Bonchev–Trinajstić information content (AvgIpc) is 2.14. The third kappa shape index (κ3) is 0.996. The first-order valence-electron chi connectivity index (χ1n) is 3.14. The zero-order valence-electron chi connectivity index (χ0n) is 5.15. The predicted molar refractivity (Wildman–Crippen MR) is 31.5 cm³/mol. The summed E-state index contributed by atoms with van der Waals surface area (Å²) >= 11 is 0. The van der Waals surface area contributed by atoms with Gasteiger partial charge in [-0.15, -0.1) is 0 Å². The van der Waals surface area contributed by atoms with Crippen LogP contribution in [0.3, 0.4) is 0 Å². The van der Waals surface area contributed by atoms with Crippen molar-refractivity contribution in [1.29, 1.82) is 0 Å². The van der Waals surface area contributed by atoms with E-state index in [1.165, 1.54) is 0 Å². The molecule has 0 radical (unpaired) electrons. The Bertz CT molecular complexity index is 74.9. The maximum absolute atomic E-state index is 11.9. The van der Waals surface area contributed by atoms with Crippen LogP contribution in [0.1, 0.15) is 13.3 Å². The second-order valence-corrected chi connectivity index (χ2v) is 2.45. The first-order valence-corrected chi connectivity index (χ1v) is 3.14. The molecule has 1 N–H and O–H groups in total. The summed E-state index contributed by atoms with van der Waals surface area (Å²) in [5.41, 5.74) is 0. The smallest absolute Gasteiger partial charge is 0.0937 e. The van der Waals surface area contributed by atoms with Gasteiger partial charge in [-0.3, -0.25) is 4.39 Å². The molecular formula is C6H12FN. The molecule has 0 bridgehead atoms. The summed E-state index contributed by atoms with van der Waals surface area (Å²) in [7, 11) is 0. The molecule has 1 aliphatic rings. The van der Waals surface area contributed by atoms with Crippen LogP contribution in [0.25, 0.3) is 0 Å². The number of halogens is 1. The van der Waals surface area contributed by atoms with E-state index in [1.54, 1.807) is 0 Å². The van der Waals surface area contributed by atoms with E-state index in [4.69, 9.17) is 0 Å². The van der Waals surface area contributed by atoms with Crippen LogP contribution in [0.5, 0.6) is 0 Å². The van der Waals surface area contributed by atoms with Gasteiger partial charge in [0.15, 0.2) is 0 Å². The minimum absolute atomic E-state index is 0.159. The molecule has 1 rings (SSSR count). The Morgan fingerprint density at radius 3 is 2.75 bits per heavy atom. The largest absolute Gasteiger partial charge is 0.314 e. The molecule has 0 aromatic carbocycles. The first kappa shape index (κ1) is 6.02. The fourth-order valence-electron chi connectivity index (χ4n) is 1.12. The van der Waals surface area contributed by atoms with Gasteiger partial charge in [-0.1, -0.05) is 0 Å². The van der Waals surface area contributed by atoms with E-state index in [2.05, 4.69) is 5.32 Å². The van der Waals surface area contributed by atoms with E-state index >= 15 is 0 Å². The van der Waals surface area contributed by atoms with Crippen LogP contribution in [0, 0.1) is 5.92 Å². The van der Waals surface area contributed by atoms with E-state index in [0.717, 1.165) is 13.0 Å². The topological polar surface area (TPSA) is 12.0 Å². The lowest BCUT2D eigenvalue weighted by Crippen LogP contribution is -2.23. The van der Waals surface area contributed by atoms with Crippen molar-refractivity contribution in [2.75, 3.05) is 13.2 Å². The summed E-state index contributed by atoms with van der Waals surface area (Å²) < 4.78 is 11.9. The van der Waals surface area contributed by atoms with Crippen LogP contribution in [-0.2, 0) is 0 Å². The predicted octanol–water partition coefficient (Wildman–Crippen LogP) is 0.954. The molecule has 2 atom stereocenters. The van der Waals surface area contributed by atoms with Crippen LogP contribution in [-0.4, -0.2) is 19.3 Å². The molecule has 0 aromatic rings. The molecule has 0 aliphatic carbocycles. The Kier molecular flexibility index (Phi) is 1.84. The molecule has 1 saturated heterocycles. The van der Waals surface area contributed by atoms with E-state index in [-0.39, 0.29) is 12.6 Å². The van der Waals surface area contributed by atoms with Crippen molar-refractivity contribution in [2.24, 2.45) is 5.92 Å². The van der Waals surface area contributed by atoms with Crippen LogP contribution < -0.4 is 5.32 Å². The van der Waals surface area contributed by atoms with Crippen molar-refractivity contribution in [3.8, 4) is 0 Å². The summed E-state index contributed by atoms with van der Waals surface area (Å²) in [4.78, 5) is 0. The molecular weight excluding hydrogens is 105 g/mol. The van der Waals surface area contributed by atoms with Crippen molar-refractivity contribution in [3.05, 3.63) is 0 Å². The Morgan fingerprint density at radius 1 is 1.75 bits per heavy atom. The molecule has 2 heteroatoms. The van der Waals surface area contributed by atoms with Gasteiger partial charge in [-0.05, 0) is 19.9 Å². The molecule has 8 heavy (non-hydrogen) atoms. The van der Waals surface area contributed by atoms with Gasteiger partial charge in [0.25, 0.3) is 0 Å². The summed E-state index contributed by atoms with van der Waals surface area (Å²) in [6.07, 6.45) is 1.01. The average molecular weight is 117 g/mol. The molecule has 0 spiro atoms.